The van der Waals surface area contributed by atoms with Crippen molar-refractivity contribution in [2.45, 2.75) is 19.8 Å². The summed E-state index contributed by atoms with van der Waals surface area (Å²) >= 11 is 0. The molecule has 1 heterocycles. The maximum atomic E-state index is 10.8. The Morgan fingerprint density at radius 3 is 2.75 bits per heavy atom. The van der Waals surface area contributed by atoms with Gasteiger partial charge in [0, 0.05) is 24.8 Å². The first-order chi connectivity index (χ1) is 7.85. The van der Waals surface area contributed by atoms with Crippen LogP contribution in [0.2, 0.25) is 0 Å². The van der Waals surface area contributed by atoms with Gasteiger partial charge in [-0.05, 0) is 31.9 Å². The van der Waals surface area contributed by atoms with Gasteiger partial charge in [0.15, 0.2) is 6.29 Å². The van der Waals surface area contributed by atoms with Crippen molar-refractivity contribution in [2.24, 2.45) is 0 Å². The van der Waals surface area contributed by atoms with Crippen LogP contribution in [-0.2, 0) is 0 Å². The largest absolute Gasteiger partial charge is 0.493 e. The predicted molar refractivity (Wildman–Crippen MR) is 64.4 cm³/mol. The van der Waals surface area contributed by atoms with Crippen LogP contribution < -0.4 is 9.64 Å². The van der Waals surface area contributed by atoms with Crippen LogP contribution in [0.1, 0.15) is 30.1 Å². The lowest BCUT2D eigenvalue weighted by molar-refractivity contribution is 0.112. The van der Waals surface area contributed by atoms with Gasteiger partial charge in [0.2, 0.25) is 0 Å². The molecule has 1 aromatic rings. The Labute approximate surface area is 96.0 Å². The minimum atomic E-state index is 0.588. The number of hydrogen-bond donors (Lipinski definition) is 0. The number of carbonyl (C=O) groups is 1. The van der Waals surface area contributed by atoms with E-state index in [9.17, 15) is 4.79 Å². The second kappa shape index (κ2) is 5.01. The molecule has 1 aliphatic rings. The van der Waals surface area contributed by atoms with Gasteiger partial charge < -0.3 is 9.64 Å². The van der Waals surface area contributed by atoms with E-state index < -0.39 is 0 Å². The molecule has 0 bridgehead atoms. The van der Waals surface area contributed by atoms with Crippen LogP contribution in [0.25, 0.3) is 0 Å². The van der Waals surface area contributed by atoms with Gasteiger partial charge in [0.25, 0.3) is 0 Å². The van der Waals surface area contributed by atoms with Crippen LogP contribution in [0.3, 0.4) is 0 Å². The van der Waals surface area contributed by atoms with Gasteiger partial charge in [-0.1, -0.05) is 0 Å². The summed E-state index contributed by atoms with van der Waals surface area (Å²) in [6.07, 6.45) is 3.34. The first kappa shape index (κ1) is 11.0. The summed E-state index contributed by atoms with van der Waals surface area (Å²) in [6.45, 7) is 4.72. The average molecular weight is 219 g/mol. The van der Waals surface area contributed by atoms with Gasteiger partial charge in [0.1, 0.15) is 5.75 Å². The van der Waals surface area contributed by atoms with E-state index >= 15 is 0 Å². The van der Waals surface area contributed by atoms with E-state index in [0.29, 0.717) is 17.9 Å². The number of nitrogens with zero attached hydrogens (tertiary/aromatic N) is 1. The number of rotatable bonds is 4. The third-order valence-electron chi connectivity index (χ3n) is 2.90. The van der Waals surface area contributed by atoms with E-state index in [1.54, 1.807) is 0 Å². The first-order valence-corrected chi connectivity index (χ1v) is 5.82. The minimum Gasteiger partial charge on any atom is -0.493 e. The molecule has 0 unspecified atom stereocenters. The topological polar surface area (TPSA) is 29.5 Å². The molecule has 1 fully saturated rings. The molecule has 0 aromatic heterocycles. The summed E-state index contributed by atoms with van der Waals surface area (Å²) in [5.41, 5.74) is 1.79. The maximum absolute atomic E-state index is 10.8. The second-order valence-electron chi connectivity index (χ2n) is 3.97. The van der Waals surface area contributed by atoms with Crippen molar-refractivity contribution < 1.29 is 9.53 Å². The molecular weight excluding hydrogens is 202 g/mol. The molecule has 3 heteroatoms. The Morgan fingerprint density at radius 2 is 2.12 bits per heavy atom. The first-order valence-electron chi connectivity index (χ1n) is 5.82. The summed E-state index contributed by atoms with van der Waals surface area (Å²) < 4.78 is 5.47. The molecular formula is C13H17NO2. The summed E-state index contributed by atoms with van der Waals surface area (Å²) in [5.74, 6) is 0.696. The van der Waals surface area contributed by atoms with Crippen molar-refractivity contribution in [3.05, 3.63) is 23.8 Å². The van der Waals surface area contributed by atoms with Gasteiger partial charge in [-0.15, -0.1) is 0 Å². The van der Waals surface area contributed by atoms with Crippen molar-refractivity contribution in [3.8, 4) is 5.75 Å². The molecule has 1 aliphatic heterocycles. The predicted octanol–water partition coefficient (Wildman–Crippen LogP) is 2.50. The summed E-state index contributed by atoms with van der Waals surface area (Å²) in [7, 11) is 0. The standard InChI is InChI=1S/C13H17NO2/c1-2-16-13-9-12(6-5-11(13)10-15)14-7-3-4-8-14/h5-6,9-10H,2-4,7-8H2,1H3. The normalized spacial score (nSPS) is 15.2. The molecule has 86 valence electrons. The lowest BCUT2D eigenvalue weighted by Crippen LogP contribution is -2.17. The molecule has 0 saturated carbocycles. The summed E-state index contributed by atoms with van der Waals surface area (Å²) in [4.78, 5) is 13.2. The Hall–Kier alpha value is -1.51. The SMILES string of the molecule is CCOc1cc(N2CCCC2)ccc1C=O. The fraction of sp³-hybridized carbons (Fsp3) is 0.462. The Morgan fingerprint density at radius 1 is 1.38 bits per heavy atom. The maximum Gasteiger partial charge on any atom is 0.153 e. The van der Waals surface area contributed by atoms with Crippen LogP contribution in [0.4, 0.5) is 5.69 Å². The third kappa shape index (κ3) is 2.18. The van der Waals surface area contributed by atoms with Crippen molar-refractivity contribution in [2.75, 3.05) is 24.6 Å². The molecule has 0 aliphatic carbocycles. The highest BCUT2D eigenvalue weighted by molar-refractivity contribution is 5.80. The van der Waals surface area contributed by atoms with Crippen molar-refractivity contribution in [1.29, 1.82) is 0 Å². The number of aldehydes is 1. The molecule has 0 amide bonds. The highest BCUT2D eigenvalue weighted by Crippen LogP contribution is 2.27. The molecule has 16 heavy (non-hydrogen) atoms. The molecule has 0 N–H and O–H groups in total. The van der Waals surface area contributed by atoms with Crippen LogP contribution in [-0.4, -0.2) is 26.0 Å². The molecule has 0 atom stereocenters. The fourth-order valence-corrected chi connectivity index (χ4v) is 2.07. The summed E-state index contributed by atoms with van der Waals surface area (Å²) in [5, 5.41) is 0. The monoisotopic (exact) mass is 219 g/mol. The molecule has 1 saturated heterocycles. The van der Waals surface area contributed by atoms with E-state index in [4.69, 9.17) is 4.74 Å². The minimum absolute atomic E-state index is 0.588. The lowest BCUT2D eigenvalue weighted by Gasteiger charge is -2.19. The van der Waals surface area contributed by atoms with Gasteiger partial charge >= 0.3 is 0 Å². The Bertz CT molecular complexity index is 370. The highest BCUT2D eigenvalue weighted by Gasteiger charge is 2.14. The van der Waals surface area contributed by atoms with E-state index in [0.717, 1.165) is 25.1 Å². The van der Waals surface area contributed by atoms with Crippen LogP contribution in [0.15, 0.2) is 18.2 Å². The zero-order chi connectivity index (χ0) is 11.4. The van der Waals surface area contributed by atoms with Crippen molar-refractivity contribution in [3.63, 3.8) is 0 Å². The zero-order valence-corrected chi connectivity index (χ0v) is 9.61. The van der Waals surface area contributed by atoms with Gasteiger partial charge in [-0.3, -0.25) is 4.79 Å². The Kier molecular flexibility index (Phi) is 3.44. The number of hydrogen-bond acceptors (Lipinski definition) is 3. The second-order valence-corrected chi connectivity index (χ2v) is 3.97. The molecule has 2 rings (SSSR count). The zero-order valence-electron chi connectivity index (χ0n) is 9.61. The average Bonchev–Trinajstić information content (AvgIpc) is 2.83. The smallest absolute Gasteiger partial charge is 0.153 e. The van der Waals surface area contributed by atoms with Crippen molar-refractivity contribution >= 4 is 12.0 Å². The van der Waals surface area contributed by atoms with Crippen molar-refractivity contribution in [1.82, 2.24) is 0 Å². The van der Waals surface area contributed by atoms with E-state index in [1.165, 1.54) is 12.8 Å². The molecule has 3 nitrogen and oxygen atoms in total. The van der Waals surface area contributed by atoms with Gasteiger partial charge in [-0.25, -0.2) is 0 Å². The molecule has 1 aromatic carbocycles. The summed E-state index contributed by atoms with van der Waals surface area (Å²) in [6, 6.07) is 5.81. The fourth-order valence-electron chi connectivity index (χ4n) is 2.07. The highest BCUT2D eigenvalue weighted by atomic mass is 16.5. The quantitative estimate of drug-likeness (QED) is 0.729. The number of benzene rings is 1. The number of anilines is 1. The van der Waals surface area contributed by atoms with E-state index in [1.807, 2.05) is 25.1 Å². The van der Waals surface area contributed by atoms with Gasteiger partial charge in [-0.2, -0.15) is 0 Å². The number of ether oxygens (including phenoxy) is 1. The molecule has 0 spiro atoms. The molecule has 0 radical (unpaired) electrons. The third-order valence-corrected chi connectivity index (χ3v) is 2.90. The lowest BCUT2D eigenvalue weighted by atomic mass is 10.2. The number of carbonyl (C=O) groups excluding carboxylic acids is 1. The van der Waals surface area contributed by atoms with Crippen LogP contribution in [0.5, 0.6) is 5.75 Å². The van der Waals surface area contributed by atoms with E-state index in [-0.39, 0.29) is 0 Å². The van der Waals surface area contributed by atoms with Crippen LogP contribution >= 0.6 is 0 Å². The van der Waals surface area contributed by atoms with Gasteiger partial charge in [0.05, 0.1) is 12.2 Å². The van der Waals surface area contributed by atoms with Crippen LogP contribution in [0, 0.1) is 0 Å². The van der Waals surface area contributed by atoms with E-state index in [2.05, 4.69) is 4.90 Å². The Balaban J connectivity index is 2.26.